The van der Waals surface area contributed by atoms with Gasteiger partial charge in [-0.25, -0.2) is 9.78 Å². The largest absolute Gasteiger partial charge is 0.481 e. The predicted octanol–water partition coefficient (Wildman–Crippen LogP) is 2.13. The van der Waals surface area contributed by atoms with E-state index in [1.807, 2.05) is 31.2 Å². The van der Waals surface area contributed by atoms with Gasteiger partial charge in [0.1, 0.15) is 5.82 Å². The van der Waals surface area contributed by atoms with E-state index in [4.69, 9.17) is 5.11 Å². The van der Waals surface area contributed by atoms with Crippen LogP contribution in [0.1, 0.15) is 31.6 Å². The maximum Gasteiger partial charge on any atom is 0.318 e. The first kappa shape index (κ1) is 15.3. The van der Waals surface area contributed by atoms with Crippen LogP contribution in [0.25, 0.3) is 11.0 Å². The summed E-state index contributed by atoms with van der Waals surface area (Å²) in [5.74, 6) is -0.629. The van der Waals surface area contributed by atoms with E-state index in [9.17, 15) is 9.59 Å². The van der Waals surface area contributed by atoms with Crippen molar-refractivity contribution >= 4 is 23.0 Å². The number of aliphatic carboxylic acids is 1. The number of piperidine rings is 1. The Labute approximate surface area is 133 Å². The zero-order valence-electron chi connectivity index (χ0n) is 13.0. The number of aromatic amines is 1. The molecule has 1 saturated heterocycles. The number of rotatable bonds is 3. The summed E-state index contributed by atoms with van der Waals surface area (Å²) in [7, 11) is 0. The van der Waals surface area contributed by atoms with Crippen LogP contribution in [-0.2, 0) is 4.79 Å². The normalized spacial score (nSPS) is 19.5. The molecular formula is C16H20N4O3. The number of urea groups is 1. The van der Waals surface area contributed by atoms with Gasteiger partial charge in [0, 0.05) is 13.1 Å². The first-order valence-corrected chi connectivity index (χ1v) is 7.77. The number of nitrogens with one attached hydrogen (secondary N) is 2. The van der Waals surface area contributed by atoms with E-state index >= 15 is 0 Å². The summed E-state index contributed by atoms with van der Waals surface area (Å²) in [6.45, 7) is 2.70. The highest BCUT2D eigenvalue weighted by Crippen LogP contribution is 2.19. The molecule has 122 valence electrons. The van der Waals surface area contributed by atoms with Crippen LogP contribution < -0.4 is 5.32 Å². The molecule has 3 rings (SSSR count). The van der Waals surface area contributed by atoms with Gasteiger partial charge >= 0.3 is 12.0 Å². The van der Waals surface area contributed by atoms with Crippen molar-refractivity contribution in [1.82, 2.24) is 20.2 Å². The lowest BCUT2D eigenvalue weighted by Crippen LogP contribution is -2.47. The van der Waals surface area contributed by atoms with Gasteiger partial charge in [-0.3, -0.25) is 4.79 Å². The van der Waals surface area contributed by atoms with Gasteiger partial charge in [-0.05, 0) is 31.9 Å². The highest BCUT2D eigenvalue weighted by molar-refractivity contribution is 5.77. The molecule has 0 aliphatic carbocycles. The lowest BCUT2D eigenvalue weighted by molar-refractivity contribution is -0.143. The molecule has 3 N–H and O–H groups in total. The zero-order valence-corrected chi connectivity index (χ0v) is 13.0. The number of amides is 2. The van der Waals surface area contributed by atoms with Crippen LogP contribution in [0.3, 0.4) is 0 Å². The van der Waals surface area contributed by atoms with Gasteiger partial charge in [0.05, 0.1) is 23.0 Å². The summed E-state index contributed by atoms with van der Waals surface area (Å²) in [6, 6.07) is 7.15. The summed E-state index contributed by atoms with van der Waals surface area (Å²) < 4.78 is 0. The lowest BCUT2D eigenvalue weighted by Gasteiger charge is -2.31. The summed E-state index contributed by atoms with van der Waals surface area (Å²) >= 11 is 0. The Morgan fingerprint density at radius 3 is 2.96 bits per heavy atom. The monoisotopic (exact) mass is 316 g/mol. The van der Waals surface area contributed by atoms with Gasteiger partial charge in [-0.15, -0.1) is 0 Å². The maximum atomic E-state index is 12.3. The molecule has 1 fully saturated rings. The van der Waals surface area contributed by atoms with E-state index in [-0.39, 0.29) is 18.6 Å². The highest BCUT2D eigenvalue weighted by atomic mass is 16.4. The average molecular weight is 316 g/mol. The van der Waals surface area contributed by atoms with Crippen LogP contribution in [0.4, 0.5) is 4.79 Å². The van der Waals surface area contributed by atoms with Crippen molar-refractivity contribution in [3.8, 4) is 0 Å². The Hall–Kier alpha value is -2.57. The molecule has 0 radical (unpaired) electrons. The fourth-order valence-corrected chi connectivity index (χ4v) is 2.89. The lowest BCUT2D eigenvalue weighted by atomic mass is 9.99. The van der Waals surface area contributed by atoms with Gasteiger partial charge in [-0.1, -0.05) is 12.1 Å². The van der Waals surface area contributed by atoms with Gasteiger partial charge in [-0.2, -0.15) is 0 Å². The molecule has 7 nitrogen and oxygen atoms in total. The van der Waals surface area contributed by atoms with Crippen molar-refractivity contribution in [2.75, 3.05) is 13.1 Å². The third kappa shape index (κ3) is 3.28. The van der Waals surface area contributed by atoms with Crippen LogP contribution >= 0.6 is 0 Å². The molecule has 2 heterocycles. The summed E-state index contributed by atoms with van der Waals surface area (Å²) in [5.41, 5.74) is 1.78. The first-order valence-electron chi connectivity index (χ1n) is 7.77. The van der Waals surface area contributed by atoms with Crippen molar-refractivity contribution in [3.63, 3.8) is 0 Å². The van der Waals surface area contributed by atoms with Gasteiger partial charge < -0.3 is 20.3 Å². The first-order chi connectivity index (χ1) is 11.0. The molecule has 0 bridgehead atoms. The molecule has 1 aliphatic heterocycles. The maximum absolute atomic E-state index is 12.3. The van der Waals surface area contributed by atoms with Crippen LogP contribution in [0.2, 0.25) is 0 Å². The number of likely N-dealkylation sites (tertiary alicyclic amines) is 1. The number of nitrogens with zero attached hydrogens (tertiary/aromatic N) is 2. The second-order valence-corrected chi connectivity index (χ2v) is 5.93. The molecule has 7 heteroatoms. The number of hydrogen-bond donors (Lipinski definition) is 3. The number of benzene rings is 1. The minimum Gasteiger partial charge on any atom is -0.481 e. The number of imidazole rings is 1. The number of fused-ring (bicyclic) bond motifs is 1. The molecule has 2 atom stereocenters. The Morgan fingerprint density at radius 1 is 1.43 bits per heavy atom. The minimum absolute atomic E-state index is 0.246. The quantitative estimate of drug-likeness (QED) is 0.808. The SMILES string of the molecule is CC(NC(=O)N1CCCC(C(=O)O)C1)c1nc2ccccc2[nH]1. The van der Waals surface area contributed by atoms with Crippen LogP contribution in [0.15, 0.2) is 24.3 Å². The zero-order chi connectivity index (χ0) is 16.4. The molecule has 1 aromatic carbocycles. The Kier molecular flexibility index (Phi) is 4.18. The van der Waals surface area contributed by atoms with Crippen molar-refractivity contribution < 1.29 is 14.7 Å². The summed E-state index contributed by atoms with van der Waals surface area (Å²) in [5, 5.41) is 12.0. The number of carbonyl (C=O) groups is 2. The van der Waals surface area contributed by atoms with Crippen molar-refractivity contribution in [1.29, 1.82) is 0 Å². The van der Waals surface area contributed by atoms with Crippen molar-refractivity contribution in [3.05, 3.63) is 30.1 Å². The molecule has 0 spiro atoms. The fraction of sp³-hybridized carbons (Fsp3) is 0.438. The van der Waals surface area contributed by atoms with Crippen LogP contribution in [-0.4, -0.2) is 45.1 Å². The van der Waals surface area contributed by atoms with E-state index in [1.165, 1.54) is 0 Å². The summed E-state index contributed by atoms with van der Waals surface area (Å²) in [6.07, 6.45) is 1.33. The van der Waals surface area contributed by atoms with E-state index in [0.717, 1.165) is 11.0 Å². The molecular weight excluding hydrogens is 296 g/mol. The number of aromatic nitrogens is 2. The molecule has 0 saturated carbocycles. The summed E-state index contributed by atoms with van der Waals surface area (Å²) in [4.78, 5) is 32.7. The standard InChI is InChI=1S/C16H20N4O3/c1-10(14-18-12-6-2-3-7-13(12)19-14)17-16(23)20-8-4-5-11(9-20)15(21)22/h2-3,6-7,10-11H,4-5,8-9H2,1H3,(H,17,23)(H,18,19)(H,21,22). The number of carboxylic acids is 1. The highest BCUT2D eigenvalue weighted by Gasteiger charge is 2.29. The molecule has 1 aromatic heterocycles. The Morgan fingerprint density at radius 2 is 2.22 bits per heavy atom. The van der Waals surface area contributed by atoms with Gasteiger partial charge in [0.15, 0.2) is 0 Å². The predicted molar refractivity (Wildman–Crippen MR) is 85.0 cm³/mol. The topological polar surface area (TPSA) is 98.3 Å². The number of H-pyrrole nitrogens is 1. The second-order valence-electron chi connectivity index (χ2n) is 5.93. The Bertz CT molecular complexity index is 694. The number of hydrogen-bond acceptors (Lipinski definition) is 3. The Balaban J connectivity index is 1.65. The molecule has 23 heavy (non-hydrogen) atoms. The number of carboxylic acid groups (broad SMARTS) is 1. The third-order valence-corrected chi connectivity index (χ3v) is 4.22. The smallest absolute Gasteiger partial charge is 0.318 e. The van der Waals surface area contributed by atoms with E-state index < -0.39 is 11.9 Å². The van der Waals surface area contributed by atoms with E-state index in [0.29, 0.717) is 25.2 Å². The molecule has 1 aliphatic rings. The van der Waals surface area contributed by atoms with Gasteiger partial charge in [0.25, 0.3) is 0 Å². The average Bonchev–Trinajstić information content (AvgIpc) is 2.99. The minimum atomic E-state index is -0.840. The second kappa shape index (κ2) is 6.28. The molecule has 2 amide bonds. The van der Waals surface area contributed by atoms with Crippen LogP contribution in [0.5, 0.6) is 0 Å². The molecule has 2 unspecified atom stereocenters. The van der Waals surface area contributed by atoms with E-state index in [2.05, 4.69) is 15.3 Å². The third-order valence-electron chi connectivity index (χ3n) is 4.22. The fourth-order valence-electron chi connectivity index (χ4n) is 2.89. The number of para-hydroxylation sites is 2. The van der Waals surface area contributed by atoms with E-state index in [1.54, 1.807) is 4.90 Å². The van der Waals surface area contributed by atoms with Gasteiger partial charge in [0.2, 0.25) is 0 Å². The van der Waals surface area contributed by atoms with Crippen molar-refractivity contribution in [2.24, 2.45) is 5.92 Å². The van der Waals surface area contributed by atoms with Crippen LogP contribution in [0, 0.1) is 5.92 Å². The molecule has 2 aromatic rings. The van der Waals surface area contributed by atoms with Crippen molar-refractivity contribution in [2.45, 2.75) is 25.8 Å². The number of carbonyl (C=O) groups excluding carboxylic acids is 1.